The summed E-state index contributed by atoms with van der Waals surface area (Å²) in [6.45, 7) is 1.85. The van der Waals surface area contributed by atoms with Gasteiger partial charge in [0.05, 0.1) is 0 Å². The zero-order chi connectivity index (χ0) is 14.5. The highest BCUT2D eigenvalue weighted by molar-refractivity contribution is 5.96. The van der Waals surface area contributed by atoms with E-state index in [1.165, 1.54) is 5.56 Å². The number of benzene rings is 2. The van der Waals surface area contributed by atoms with Gasteiger partial charge < -0.3 is 10.6 Å². The van der Waals surface area contributed by atoms with Crippen LogP contribution in [0, 0.1) is 0 Å². The second-order valence-electron chi connectivity index (χ2n) is 5.48. The summed E-state index contributed by atoms with van der Waals surface area (Å²) in [5, 5.41) is 6.39. The Bertz CT molecular complexity index is 609. The summed E-state index contributed by atoms with van der Waals surface area (Å²) < 4.78 is 0. The molecule has 1 fully saturated rings. The molecule has 22 heavy (non-hydrogen) atoms. The molecule has 1 unspecified atom stereocenters. The Labute approximate surface area is 137 Å². The SMILES string of the molecule is Cl.O=C(NC1CCNC1)c1ccccc1Cc1ccccc1. The predicted molar refractivity (Wildman–Crippen MR) is 91.7 cm³/mol. The van der Waals surface area contributed by atoms with Crippen LogP contribution in [0.3, 0.4) is 0 Å². The van der Waals surface area contributed by atoms with Crippen molar-refractivity contribution in [2.24, 2.45) is 0 Å². The van der Waals surface area contributed by atoms with Gasteiger partial charge in [0, 0.05) is 18.2 Å². The van der Waals surface area contributed by atoms with Crippen LogP contribution in [-0.4, -0.2) is 25.0 Å². The van der Waals surface area contributed by atoms with Gasteiger partial charge >= 0.3 is 0 Å². The molecule has 1 aliphatic heterocycles. The number of halogens is 1. The monoisotopic (exact) mass is 316 g/mol. The third kappa shape index (κ3) is 4.09. The topological polar surface area (TPSA) is 41.1 Å². The molecule has 0 saturated carbocycles. The molecule has 2 aromatic carbocycles. The van der Waals surface area contributed by atoms with Crippen molar-refractivity contribution in [1.82, 2.24) is 10.6 Å². The molecule has 0 radical (unpaired) electrons. The number of rotatable bonds is 4. The molecule has 3 rings (SSSR count). The number of hydrogen-bond acceptors (Lipinski definition) is 2. The van der Waals surface area contributed by atoms with E-state index in [1.807, 2.05) is 42.5 Å². The summed E-state index contributed by atoms with van der Waals surface area (Å²) in [7, 11) is 0. The lowest BCUT2D eigenvalue weighted by molar-refractivity contribution is 0.0939. The van der Waals surface area contributed by atoms with Crippen LogP contribution in [0.5, 0.6) is 0 Å². The Morgan fingerprint density at radius 3 is 2.55 bits per heavy atom. The van der Waals surface area contributed by atoms with Gasteiger partial charge in [-0.25, -0.2) is 0 Å². The lowest BCUT2D eigenvalue weighted by atomic mass is 9.99. The van der Waals surface area contributed by atoms with E-state index in [4.69, 9.17) is 0 Å². The second kappa shape index (κ2) is 7.97. The average Bonchev–Trinajstić information content (AvgIpc) is 3.02. The standard InChI is InChI=1S/C18H20N2O.ClH/c21-18(20-16-10-11-19-13-16)17-9-5-4-8-15(17)12-14-6-2-1-3-7-14;/h1-9,16,19H,10-13H2,(H,20,21);1H. The van der Waals surface area contributed by atoms with Gasteiger partial charge in [-0.05, 0) is 36.6 Å². The molecule has 0 aromatic heterocycles. The molecule has 2 N–H and O–H groups in total. The van der Waals surface area contributed by atoms with Crippen molar-refractivity contribution in [1.29, 1.82) is 0 Å². The van der Waals surface area contributed by atoms with Crippen molar-refractivity contribution >= 4 is 18.3 Å². The molecular weight excluding hydrogens is 296 g/mol. The quantitative estimate of drug-likeness (QED) is 0.910. The molecule has 0 spiro atoms. The zero-order valence-corrected chi connectivity index (χ0v) is 13.2. The average molecular weight is 317 g/mol. The van der Waals surface area contributed by atoms with Gasteiger partial charge in [0.1, 0.15) is 0 Å². The molecule has 1 heterocycles. The zero-order valence-electron chi connectivity index (χ0n) is 12.4. The maximum Gasteiger partial charge on any atom is 0.251 e. The summed E-state index contributed by atoms with van der Waals surface area (Å²) in [6, 6.07) is 18.4. The lowest BCUT2D eigenvalue weighted by Crippen LogP contribution is -2.36. The van der Waals surface area contributed by atoms with Gasteiger partial charge in [-0.3, -0.25) is 4.79 Å². The lowest BCUT2D eigenvalue weighted by Gasteiger charge is -2.14. The van der Waals surface area contributed by atoms with Crippen molar-refractivity contribution in [3.63, 3.8) is 0 Å². The molecule has 0 aliphatic carbocycles. The smallest absolute Gasteiger partial charge is 0.251 e. The first kappa shape index (κ1) is 16.5. The first-order valence-corrected chi connectivity index (χ1v) is 7.46. The Kier molecular flexibility index (Phi) is 5.99. The highest BCUT2D eigenvalue weighted by atomic mass is 35.5. The molecule has 0 bridgehead atoms. The third-order valence-corrected chi connectivity index (χ3v) is 3.89. The minimum absolute atomic E-state index is 0. The largest absolute Gasteiger partial charge is 0.348 e. The highest BCUT2D eigenvalue weighted by Gasteiger charge is 2.19. The molecule has 1 amide bonds. The first-order chi connectivity index (χ1) is 10.3. The van der Waals surface area contributed by atoms with E-state index in [0.717, 1.165) is 37.1 Å². The van der Waals surface area contributed by atoms with Gasteiger partial charge in [-0.2, -0.15) is 0 Å². The number of carbonyl (C=O) groups excluding carboxylic acids is 1. The van der Waals surface area contributed by atoms with Gasteiger partial charge in [0.15, 0.2) is 0 Å². The molecule has 1 atom stereocenters. The third-order valence-electron chi connectivity index (χ3n) is 3.89. The van der Waals surface area contributed by atoms with Crippen LogP contribution in [0.4, 0.5) is 0 Å². The molecule has 3 nitrogen and oxygen atoms in total. The summed E-state index contributed by atoms with van der Waals surface area (Å²) in [6.07, 6.45) is 1.79. The van der Waals surface area contributed by atoms with E-state index >= 15 is 0 Å². The minimum Gasteiger partial charge on any atom is -0.348 e. The Morgan fingerprint density at radius 1 is 1.09 bits per heavy atom. The fourth-order valence-electron chi connectivity index (χ4n) is 2.75. The maximum atomic E-state index is 12.5. The molecule has 1 saturated heterocycles. The summed E-state index contributed by atoms with van der Waals surface area (Å²) >= 11 is 0. The van der Waals surface area contributed by atoms with Crippen LogP contribution < -0.4 is 10.6 Å². The van der Waals surface area contributed by atoms with E-state index in [9.17, 15) is 4.79 Å². The van der Waals surface area contributed by atoms with Crippen molar-refractivity contribution < 1.29 is 4.79 Å². The van der Waals surface area contributed by atoms with Gasteiger partial charge in [-0.1, -0.05) is 48.5 Å². The Hall–Kier alpha value is -1.84. The number of amides is 1. The van der Waals surface area contributed by atoms with Crippen molar-refractivity contribution in [2.45, 2.75) is 18.9 Å². The Morgan fingerprint density at radius 2 is 1.82 bits per heavy atom. The van der Waals surface area contributed by atoms with Gasteiger partial charge in [-0.15, -0.1) is 12.4 Å². The van der Waals surface area contributed by atoms with Crippen LogP contribution in [0.2, 0.25) is 0 Å². The number of carbonyl (C=O) groups is 1. The van der Waals surface area contributed by atoms with Crippen LogP contribution in [0.15, 0.2) is 54.6 Å². The summed E-state index contributed by atoms with van der Waals surface area (Å²) in [5.74, 6) is 0.0373. The van der Waals surface area contributed by atoms with Crippen LogP contribution in [-0.2, 0) is 6.42 Å². The fourth-order valence-corrected chi connectivity index (χ4v) is 2.75. The van der Waals surface area contributed by atoms with E-state index in [-0.39, 0.29) is 24.4 Å². The van der Waals surface area contributed by atoms with E-state index in [1.54, 1.807) is 0 Å². The summed E-state index contributed by atoms with van der Waals surface area (Å²) in [4.78, 5) is 12.5. The van der Waals surface area contributed by atoms with E-state index in [0.29, 0.717) is 0 Å². The van der Waals surface area contributed by atoms with Crippen molar-refractivity contribution in [2.75, 3.05) is 13.1 Å². The first-order valence-electron chi connectivity index (χ1n) is 7.46. The fraction of sp³-hybridized carbons (Fsp3) is 0.278. The van der Waals surface area contributed by atoms with Crippen molar-refractivity contribution in [3.05, 3.63) is 71.3 Å². The highest BCUT2D eigenvalue weighted by Crippen LogP contribution is 2.15. The van der Waals surface area contributed by atoms with Crippen LogP contribution >= 0.6 is 12.4 Å². The number of nitrogens with one attached hydrogen (secondary N) is 2. The van der Waals surface area contributed by atoms with Gasteiger partial charge in [0.2, 0.25) is 0 Å². The number of hydrogen-bond donors (Lipinski definition) is 2. The molecule has 1 aliphatic rings. The molecular formula is C18H21ClN2O. The van der Waals surface area contributed by atoms with Gasteiger partial charge in [0.25, 0.3) is 5.91 Å². The van der Waals surface area contributed by atoms with Crippen LogP contribution in [0.1, 0.15) is 27.9 Å². The minimum atomic E-state index is 0. The normalized spacial score (nSPS) is 16.8. The molecule has 4 heteroatoms. The second-order valence-corrected chi connectivity index (χ2v) is 5.48. The molecule has 2 aromatic rings. The van der Waals surface area contributed by atoms with Crippen molar-refractivity contribution in [3.8, 4) is 0 Å². The van der Waals surface area contributed by atoms with E-state index < -0.39 is 0 Å². The van der Waals surface area contributed by atoms with E-state index in [2.05, 4.69) is 22.8 Å². The maximum absolute atomic E-state index is 12.5. The molecule has 116 valence electrons. The predicted octanol–water partition coefficient (Wildman–Crippen LogP) is 2.79. The van der Waals surface area contributed by atoms with Crippen LogP contribution in [0.25, 0.3) is 0 Å². The Balaban J connectivity index is 0.00000176. The summed E-state index contributed by atoms with van der Waals surface area (Å²) in [5.41, 5.74) is 3.08.